The molecule has 0 bridgehead atoms. The van der Waals surface area contributed by atoms with Crippen molar-refractivity contribution in [2.75, 3.05) is 7.05 Å². The first-order valence-electron chi connectivity index (χ1n) is 9.18. The lowest BCUT2D eigenvalue weighted by molar-refractivity contribution is -0.140. The fourth-order valence-electron chi connectivity index (χ4n) is 3.15. The van der Waals surface area contributed by atoms with Crippen LogP contribution in [0.3, 0.4) is 0 Å². The smallest absolute Gasteiger partial charge is 0.242 e. The van der Waals surface area contributed by atoms with Crippen molar-refractivity contribution >= 4 is 23.4 Å². The minimum absolute atomic E-state index is 0.0842. The fourth-order valence-corrected chi connectivity index (χ4v) is 3.35. The number of rotatable bonds is 7. The van der Waals surface area contributed by atoms with E-state index in [4.69, 9.17) is 11.6 Å². The van der Waals surface area contributed by atoms with Crippen molar-refractivity contribution in [2.45, 2.75) is 46.2 Å². The van der Waals surface area contributed by atoms with Gasteiger partial charge in [0.25, 0.3) is 0 Å². The molecular formula is C22H27ClN2O2. The summed E-state index contributed by atoms with van der Waals surface area (Å²) in [4.78, 5) is 27.3. The first kappa shape index (κ1) is 21.0. The summed E-state index contributed by atoms with van der Waals surface area (Å²) < 4.78 is 0. The lowest BCUT2D eigenvalue weighted by Crippen LogP contribution is -2.48. The molecule has 2 rings (SSSR count). The predicted octanol–water partition coefficient (Wildman–Crippen LogP) is 4.05. The summed E-state index contributed by atoms with van der Waals surface area (Å²) in [6.45, 7) is 6.21. The Bertz CT molecular complexity index is 820. The molecule has 144 valence electrons. The van der Waals surface area contributed by atoms with Gasteiger partial charge in [0.1, 0.15) is 6.04 Å². The first-order valence-corrected chi connectivity index (χ1v) is 9.55. The van der Waals surface area contributed by atoms with Crippen LogP contribution in [0.4, 0.5) is 0 Å². The Morgan fingerprint density at radius 1 is 1.11 bits per heavy atom. The summed E-state index contributed by atoms with van der Waals surface area (Å²) >= 11 is 6.30. The Balaban J connectivity index is 2.35. The van der Waals surface area contributed by atoms with Crippen molar-refractivity contribution < 1.29 is 9.59 Å². The van der Waals surface area contributed by atoms with Crippen LogP contribution >= 0.6 is 11.6 Å². The molecule has 0 aliphatic rings. The van der Waals surface area contributed by atoms with E-state index in [9.17, 15) is 9.59 Å². The maximum absolute atomic E-state index is 13.2. The number of carbonyl (C=O) groups excluding carboxylic acids is 2. The Morgan fingerprint density at radius 2 is 1.81 bits per heavy atom. The lowest BCUT2D eigenvalue weighted by atomic mass is 10.0. The molecule has 4 nitrogen and oxygen atoms in total. The molecule has 27 heavy (non-hydrogen) atoms. The number of aryl methyl sites for hydroxylation is 2. The Hall–Kier alpha value is -2.33. The number of carbonyl (C=O) groups is 2. The van der Waals surface area contributed by atoms with E-state index in [1.54, 1.807) is 18.0 Å². The summed E-state index contributed by atoms with van der Waals surface area (Å²) in [5, 5.41) is 3.26. The maximum atomic E-state index is 13.2. The van der Waals surface area contributed by atoms with Crippen LogP contribution < -0.4 is 5.32 Å². The van der Waals surface area contributed by atoms with E-state index in [-0.39, 0.29) is 18.2 Å². The van der Waals surface area contributed by atoms with Gasteiger partial charge in [0.05, 0.1) is 6.42 Å². The molecule has 0 aromatic heterocycles. The van der Waals surface area contributed by atoms with Crippen LogP contribution in [0.15, 0.2) is 42.5 Å². The van der Waals surface area contributed by atoms with E-state index in [0.717, 1.165) is 22.3 Å². The summed E-state index contributed by atoms with van der Waals surface area (Å²) in [6.07, 6.45) is 0.786. The highest BCUT2D eigenvalue weighted by atomic mass is 35.5. The van der Waals surface area contributed by atoms with Crippen molar-refractivity contribution in [3.05, 3.63) is 69.7 Å². The third kappa shape index (κ3) is 5.33. The molecule has 2 aromatic carbocycles. The number of hydrogen-bond acceptors (Lipinski definition) is 2. The van der Waals surface area contributed by atoms with Crippen LogP contribution in [0.2, 0.25) is 5.02 Å². The van der Waals surface area contributed by atoms with Crippen LogP contribution in [0.5, 0.6) is 0 Å². The predicted molar refractivity (Wildman–Crippen MR) is 110 cm³/mol. The summed E-state index contributed by atoms with van der Waals surface area (Å²) in [5.41, 5.74) is 3.99. The van der Waals surface area contributed by atoms with Gasteiger partial charge in [0.2, 0.25) is 11.8 Å². The van der Waals surface area contributed by atoms with Crippen molar-refractivity contribution in [2.24, 2.45) is 0 Å². The molecule has 1 N–H and O–H groups in total. The van der Waals surface area contributed by atoms with Crippen LogP contribution in [0, 0.1) is 13.8 Å². The fraction of sp³-hybridized carbons (Fsp3) is 0.364. The first-order chi connectivity index (χ1) is 12.9. The minimum Gasteiger partial charge on any atom is -0.357 e. The van der Waals surface area contributed by atoms with Gasteiger partial charge in [-0.2, -0.15) is 0 Å². The van der Waals surface area contributed by atoms with Gasteiger partial charge < -0.3 is 10.2 Å². The SMILES string of the molecule is CC[C@@H](C(=O)NC)N(Cc1ccccc1Cl)C(=O)Cc1cc(C)ccc1C. The van der Waals surface area contributed by atoms with Crippen LogP contribution in [0.25, 0.3) is 0 Å². The topological polar surface area (TPSA) is 49.4 Å². The Kier molecular flexibility index (Phi) is 7.43. The summed E-state index contributed by atoms with van der Waals surface area (Å²) in [6, 6.07) is 13.0. The minimum atomic E-state index is -0.538. The van der Waals surface area contributed by atoms with Gasteiger partial charge in [0.15, 0.2) is 0 Å². The van der Waals surface area contributed by atoms with Gasteiger partial charge in [0, 0.05) is 18.6 Å². The van der Waals surface area contributed by atoms with Crippen molar-refractivity contribution in [1.29, 1.82) is 0 Å². The van der Waals surface area contributed by atoms with Crippen molar-refractivity contribution in [3.8, 4) is 0 Å². The van der Waals surface area contributed by atoms with Crippen molar-refractivity contribution in [3.63, 3.8) is 0 Å². The highest BCUT2D eigenvalue weighted by Gasteiger charge is 2.28. The van der Waals surface area contributed by atoms with Crippen LogP contribution in [0.1, 0.15) is 35.6 Å². The van der Waals surface area contributed by atoms with E-state index < -0.39 is 6.04 Å². The standard InChI is InChI=1S/C22H27ClN2O2/c1-5-20(22(27)24-4)25(14-17-8-6-7-9-19(17)23)21(26)13-18-12-15(2)10-11-16(18)3/h6-12,20H,5,13-14H2,1-4H3,(H,24,27)/t20-/m0/s1. The number of likely N-dealkylation sites (N-methyl/N-ethyl adjacent to an activating group) is 1. The number of nitrogens with one attached hydrogen (secondary N) is 1. The normalized spacial score (nSPS) is 11.7. The molecule has 1 atom stereocenters. The van der Waals surface area contributed by atoms with Gasteiger partial charge in [-0.1, -0.05) is 60.5 Å². The zero-order valence-corrected chi connectivity index (χ0v) is 17.1. The van der Waals surface area contributed by atoms with Gasteiger partial charge in [-0.15, -0.1) is 0 Å². The number of halogens is 1. The average Bonchev–Trinajstić information content (AvgIpc) is 2.65. The summed E-state index contributed by atoms with van der Waals surface area (Å²) in [5.74, 6) is -0.252. The van der Waals surface area contributed by atoms with Gasteiger partial charge in [-0.25, -0.2) is 0 Å². The number of nitrogens with zero attached hydrogens (tertiary/aromatic N) is 1. The van der Waals surface area contributed by atoms with Crippen molar-refractivity contribution in [1.82, 2.24) is 10.2 Å². The third-order valence-electron chi connectivity index (χ3n) is 4.78. The largest absolute Gasteiger partial charge is 0.357 e. The second-order valence-electron chi connectivity index (χ2n) is 6.76. The van der Waals surface area contributed by atoms with Gasteiger partial charge in [-0.05, 0) is 43.0 Å². The molecule has 0 unspecified atom stereocenters. The Morgan fingerprint density at radius 3 is 2.44 bits per heavy atom. The number of hydrogen-bond donors (Lipinski definition) is 1. The maximum Gasteiger partial charge on any atom is 0.242 e. The molecule has 0 heterocycles. The average molecular weight is 387 g/mol. The monoisotopic (exact) mass is 386 g/mol. The molecule has 0 saturated heterocycles. The highest BCUT2D eigenvalue weighted by Crippen LogP contribution is 2.21. The molecule has 0 saturated carbocycles. The van der Waals surface area contributed by atoms with Gasteiger partial charge >= 0.3 is 0 Å². The number of amides is 2. The second-order valence-corrected chi connectivity index (χ2v) is 7.17. The van der Waals surface area contributed by atoms with E-state index >= 15 is 0 Å². The van der Waals surface area contributed by atoms with E-state index in [1.807, 2.05) is 57.2 Å². The van der Waals surface area contributed by atoms with Gasteiger partial charge in [-0.3, -0.25) is 9.59 Å². The molecule has 0 radical (unpaired) electrons. The Labute approximate surface area is 166 Å². The quantitative estimate of drug-likeness (QED) is 0.780. The van der Waals surface area contributed by atoms with Crippen LogP contribution in [-0.2, 0) is 22.6 Å². The molecule has 0 aliphatic carbocycles. The van der Waals surface area contributed by atoms with E-state index in [2.05, 4.69) is 5.32 Å². The van der Waals surface area contributed by atoms with E-state index in [0.29, 0.717) is 18.0 Å². The molecule has 0 aliphatic heterocycles. The highest BCUT2D eigenvalue weighted by molar-refractivity contribution is 6.31. The van der Waals surface area contributed by atoms with Crippen LogP contribution in [-0.4, -0.2) is 29.8 Å². The molecule has 2 amide bonds. The van der Waals surface area contributed by atoms with E-state index in [1.165, 1.54) is 0 Å². The zero-order valence-electron chi connectivity index (χ0n) is 16.4. The molecule has 2 aromatic rings. The summed E-state index contributed by atoms with van der Waals surface area (Å²) in [7, 11) is 1.59. The zero-order chi connectivity index (χ0) is 20.0. The lowest BCUT2D eigenvalue weighted by Gasteiger charge is -2.30. The molecular weight excluding hydrogens is 360 g/mol. The second kappa shape index (κ2) is 9.56. The third-order valence-corrected chi connectivity index (χ3v) is 5.15. The molecule has 5 heteroatoms. The molecule has 0 fully saturated rings. The number of benzene rings is 2. The molecule has 0 spiro atoms.